The van der Waals surface area contributed by atoms with Gasteiger partial charge in [0.2, 0.25) is 0 Å². The maximum atomic E-state index is 11.6. The molecule has 0 bridgehead atoms. The third kappa shape index (κ3) is 2.48. The van der Waals surface area contributed by atoms with Crippen LogP contribution in [0, 0.1) is 0 Å². The lowest BCUT2D eigenvalue weighted by molar-refractivity contribution is -0.123. The Morgan fingerprint density at radius 3 is 3.04 bits per heavy atom. The van der Waals surface area contributed by atoms with Crippen molar-refractivity contribution in [2.24, 2.45) is 0 Å². The lowest BCUT2D eigenvalue weighted by Crippen LogP contribution is -2.01. The fourth-order valence-electron chi connectivity index (χ4n) is 2.23. The quantitative estimate of drug-likeness (QED) is 0.319. The number of pyridine rings is 1. The summed E-state index contributed by atoms with van der Waals surface area (Å²) in [5, 5.41) is 0.982. The van der Waals surface area contributed by atoms with Gasteiger partial charge < -0.3 is 13.9 Å². The molecule has 0 atom stereocenters. The molecule has 0 aliphatic rings. The predicted molar refractivity (Wildman–Crippen MR) is 85.2 cm³/mol. The van der Waals surface area contributed by atoms with Crippen LogP contribution in [0.3, 0.4) is 0 Å². The molecule has 0 saturated heterocycles. The fourth-order valence-corrected chi connectivity index (χ4v) is 3.03. The lowest BCUT2D eigenvalue weighted by Gasteiger charge is -2.01. The lowest BCUT2D eigenvalue weighted by atomic mass is 10.2. The zero-order chi connectivity index (χ0) is 16.5. The van der Waals surface area contributed by atoms with Crippen LogP contribution in [0.5, 0.6) is 10.9 Å². The average Bonchev–Trinajstić information content (AvgIpc) is 3.17. The van der Waals surface area contributed by atoms with E-state index in [1.807, 2.05) is 12.1 Å². The molecule has 1 aromatic carbocycles. The van der Waals surface area contributed by atoms with Gasteiger partial charge in [-0.25, -0.2) is 9.78 Å². The smallest absolute Gasteiger partial charge is 0.349 e. The summed E-state index contributed by atoms with van der Waals surface area (Å²) >= 11 is 1.37. The van der Waals surface area contributed by atoms with Crippen molar-refractivity contribution in [3.8, 4) is 10.9 Å². The van der Waals surface area contributed by atoms with Crippen LogP contribution in [0.2, 0.25) is 0 Å². The maximum absolute atomic E-state index is 11.6. The first-order valence-electron chi connectivity index (χ1n) is 6.80. The van der Waals surface area contributed by atoms with E-state index in [1.54, 1.807) is 24.4 Å². The van der Waals surface area contributed by atoms with Crippen LogP contribution >= 0.6 is 11.3 Å². The Morgan fingerprint density at radius 2 is 2.21 bits per heavy atom. The maximum Gasteiger partial charge on any atom is 0.349 e. The molecule has 0 unspecified atom stereocenters. The molecule has 0 spiro atoms. The minimum atomic E-state index is -0.769. The molecule has 8 heteroatoms. The SMILES string of the molecule is O=COC(=O)c1coc2cc(Oc3nc4ncccc4s3)ccc12. The Balaban J connectivity index is 1.65. The second kappa shape index (κ2) is 5.74. The number of esters is 1. The number of hydrogen-bond donors (Lipinski definition) is 0. The molecule has 0 amide bonds. The summed E-state index contributed by atoms with van der Waals surface area (Å²) in [7, 11) is 0. The average molecular weight is 340 g/mol. The number of rotatable bonds is 4. The number of carbonyl (C=O) groups excluding carboxylic acids is 2. The first-order chi connectivity index (χ1) is 11.7. The van der Waals surface area contributed by atoms with Gasteiger partial charge in [-0.2, -0.15) is 4.98 Å². The summed E-state index contributed by atoms with van der Waals surface area (Å²) in [4.78, 5) is 30.4. The van der Waals surface area contributed by atoms with Crippen molar-refractivity contribution in [1.82, 2.24) is 9.97 Å². The third-order valence-electron chi connectivity index (χ3n) is 3.27. The number of fused-ring (bicyclic) bond motifs is 2. The number of hydrogen-bond acceptors (Lipinski definition) is 8. The number of nitrogens with zero attached hydrogens (tertiary/aromatic N) is 2. The van der Waals surface area contributed by atoms with E-state index >= 15 is 0 Å². The van der Waals surface area contributed by atoms with Crippen molar-refractivity contribution in [3.63, 3.8) is 0 Å². The summed E-state index contributed by atoms with van der Waals surface area (Å²) in [6, 6.07) is 8.70. The summed E-state index contributed by atoms with van der Waals surface area (Å²) in [6.07, 6.45) is 2.91. The summed E-state index contributed by atoms with van der Waals surface area (Å²) in [5.74, 6) is -0.263. The molecule has 0 aliphatic heterocycles. The zero-order valence-electron chi connectivity index (χ0n) is 12.0. The van der Waals surface area contributed by atoms with E-state index in [1.165, 1.54) is 17.6 Å². The van der Waals surface area contributed by atoms with Crippen LogP contribution in [0.25, 0.3) is 21.3 Å². The molecule has 3 aromatic heterocycles. The van der Waals surface area contributed by atoms with Crippen molar-refractivity contribution in [3.05, 3.63) is 48.4 Å². The number of ether oxygens (including phenoxy) is 2. The highest BCUT2D eigenvalue weighted by atomic mass is 32.1. The Hall–Kier alpha value is -3.26. The van der Waals surface area contributed by atoms with E-state index in [0.29, 0.717) is 27.6 Å². The highest BCUT2D eigenvalue weighted by molar-refractivity contribution is 7.20. The van der Waals surface area contributed by atoms with E-state index in [2.05, 4.69) is 14.7 Å². The topological polar surface area (TPSA) is 91.5 Å². The molecule has 0 radical (unpaired) electrons. The molecule has 3 heterocycles. The molecule has 118 valence electrons. The van der Waals surface area contributed by atoms with Gasteiger partial charge in [-0.05, 0) is 24.3 Å². The highest BCUT2D eigenvalue weighted by Gasteiger charge is 2.16. The molecule has 0 saturated carbocycles. The van der Waals surface area contributed by atoms with Crippen LogP contribution in [0.1, 0.15) is 10.4 Å². The molecule has 24 heavy (non-hydrogen) atoms. The zero-order valence-corrected chi connectivity index (χ0v) is 12.8. The largest absolute Gasteiger partial charge is 0.463 e. The number of aromatic nitrogens is 2. The standard InChI is InChI=1S/C16H8N2O5S/c19-8-22-15(20)11-7-21-12-6-9(3-4-10(11)12)23-16-18-14-13(24-16)2-1-5-17-14/h1-8H. The van der Waals surface area contributed by atoms with Gasteiger partial charge in [0.1, 0.15) is 23.2 Å². The van der Waals surface area contributed by atoms with E-state index in [9.17, 15) is 9.59 Å². The van der Waals surface area contributed by atoms with Crippen LogP contribution in [-0.2, 0) is 9.53 Å². The van der Waals surface area contributed by atoms with Gasteiger partial charge in [-0.3, -0.25) is 4.79 Å². The van der Waals surface area contributed by atoms with E-state index in [4.69, 9.17) is 9.15 Å². The van der Waals surface area contributed by atoms with E-state index < -0.39 is 5.97 Å². The van der Waals surface area contributed by atoms with E-state index in [-0.39, 0.29) is 12.0 Å². The molecule has 4 rings (SSSR count). The molecular formula is C16H8N2O5S. The van der Waals surface area contributed by atoms with Crippen molar-refractivity contribution >= 4 is 45.1 Å². The molecule has 7 nitrogen and oxygen atoms in total. The van der Waals surface area contributed by atoms with Gasteiger partial charge in [0.25, 0.3) is 5.19 Å². The fraction of sp³-hybridized carbons (Fsp3) is 0. The van der Waals surface area contributed by atoms with Crippen molar-refractivity contribution in [2.75, 3.05) is 0 Å². The summed E-state index contributed by atoms with van der Waals surface area (Å²) in [6.45, 7) is 0.0831. The van der Waals surface area contributed by atoms with Crippen LogP contribution in [-0.4, -0.2) is 22.4 Å². The second-order valence-corrected chi connectivity index (χ2v) is 5.71. The molecule has 0 fully saturated rings. The molecular weight excluding hydrogens is 332 g/mol. The minimum Gasteiger partial charge on any atom is -0.463 e. The summed E-state index contributed by atoms with van der Waals surface area (Å²) in [5.41, 5.74) is 1.23. The number of benzene rings is 1. The number of thiazole rings is 1. The van der Waals surface area contributed by atoms with Crippen LogP contribution < -0.4 is 4.74 Å². The summed E-state index contributed by atoms with van der Waals surface area (Å²) < 4.78 is 16.3. The minimum absolute atomic E-state index is 0.0831. The van der Waals surface area contributed by atoms with Crippen molar-refractivity contribution in [2.45, 2.75) is 0 Å². The van der Waals surface area contributed by atoms with Crippen LogP contribution in [0.15, 0.2) is 47.2 Å². The third-order valence-corrected chi connectivity index (χ3v) is 4.16. The molecule has 0 N–H and O–H groups in total. The Labute approximate surface area is 138 Å². The first-order valence-corrected chi connectivity index (χ1v) is 7.61. The van der Waals surface area contributed by atoms with Gasteiger partial charge >= 0.3 is 12.4 Å². The van der Waals surface area contributed by atoms with Gasteiger partial charge in [0.15, 0.2) is 5.65 Å². The predicted octanol–water partition coefficient (Wildman–Crippen LogP) is 3.54. The molecule has 0 aliphatic carbocycles. The molecule has 4 aromatic rings. The monoisotopic (exact) mass is 340 g/mol. The van der Waals surface area contributed by atoms with Crippen molar-refractivity contribution in [1.29, 1.82) is 0 Å². The van der Waals surface area contributed by atoms with Gasteiger partial charge in [-0.15, -0.1) is 0 Å². The Bertz CT molecular complexity index is 1040. The second-order valence-electron chi connectivity index (χ2n) is 4.72. The Kier molecular flexibility index (Phi) is 3.43. The highest BCUT2D eigenvalue weighted by Crippen LogP contribution is 2.32. The number of furan rings is 1. The van der Waals surface area contributed by atoms with Crippen LogP contribution in [0.4, 0.5) is 0 Å². The van der Waals surface area contributed by atoms with Gasteiger partial charge in [0.05, 0.1) is 4.70 Å². The van der Waals surface area contributed by atoms with Crippen molar-refractivity contribution < 1.29 is 23.5 Å². The first kappa shape index (κ1) is 14.3. The Morgan fingerprint density at radius 1 is 1.29 bits per heavy atom. The van der Waals surface area contributed by atoms with Gasteiger partial charge in [0, 0.05) is 17.6 Å². The normalized spacial score (nSPS) is 10.8. The number of carbonyl (C=O) groups is 2. The van der Waals surface area contributed by atoms with E-state index in [0.717, 1.165) is 4.70 Å². The van der Waals surface area contributed by atoms with Gasteiger partial charge in [-0.1, -0.05) is 11.3 Å².